The normalized spacial score (nSPS) is 17.2. The van der Waals surface area contributed by atoms with Gasteiger partial charge in [0.05, 0.1) is 16.8 Å². The van der Waals surface area contributed by atoms with Crippen molar-refractivity contribution in [3.8, 4) is 5.75 Å². The summed E-state index contributed by atoms with van der Waals surface area (Å²) in [5.41, 5.74) is 6.85. The largest absolute Gasteiger partial charge is 0.478 e. The number of nitrogens with zero attached hydrogens (tertiary/aromatic N) is 2. The Morgan fingerprint density at radius 1 is 1.19 bits per heavy atom. The first-order valence-corrected chi connectivity index (χ1v) is 10.4. The number of hydrogen-bond acceptors (Lipinski definition) is 4. The molecule has 0 aliphatic carbocycles. The third-order valence-electron chi connectivity index (χ3n) is 5.68. The van der Waals surface area contributed by atoms with Crippen molar-refractivity contribution in [2.75, 3.05) is 13.1 Å². The Kier molecular flexibility index (Phi) is 6.03. The molecule has 2 heterocycles. The summed E-state index contributed by atoms with van der Waals surface area (Å²) in [6.07, 6.45) is 0.532. The number of fused-ring (bicyclic) bond motifs is 1. The summed E-state index contributed by atoms with van der Waals surface area (Å²) in [5.74, 6) is -2.10. The van der Waals surface area contributed by atoms with Crippen LogP contribution >= 0.6 is 0 Å². The maximum Gasteiger partial charge on any atom is 0.263 e. The van der Waals surface area contributed by atoms with E-state index in [1.807, 2.05) is 0 Å². The minimum atomic E-state index is -0.881. The number of pyridine rings is 1. The van der Waals surface area contributed by atoms with E-state index >= 15 is 0 Å². The number of ether oxygens (including phenoxy) is 1. The number of halogens is 2. The van der Waals surface area contributed by atoms with Crippen molar-refractivity contribution in [1.29, 1.82) is 0 Å². The maximum atomic E-state index is 13.9. The molecule has 1 saturated heterocycles. The van der Waals surface area contributed by atoms with E-state index in [1.54, 1.807) is 36.1 Å². The van der Waals surface area contributed by atoms with E-state index in [-0.39, 0.29) is 23.1 Å². The lowest BCUT2D eigenvalue weighted by molar-refractivity contribution is -0.139. The van der Waals surface area contributed by atoms with Crippen LogP contribution in [0.5, 0.6) is 5.75 Å². The quantitative estimate of drug-likeness (QED) is 0.656. The van der Waals surface area contributed by atoms with Crippen LogP contribution < -0.4 is 10.5 Å². The minimum Gasteiger partial charge on any atom is -0.478 e. The topological polar surface area (TPSA) is 85.5 Å². The van der Waals surface area contributed by atoms with E-state index in [9.17, 15) is 18.4 Å². The summed E-state index contributed by atoms with van der Waals surface area (Å²) in [4.78, 5) is 31.3. The van der Waals surface area contributed by atoms with Crippen LogP contribution in [0.2, 0.25) is 0 Å². The standard InChI is InChI=1S/C24H23F2N3O3/c1-14(32-21-7-3-2-6-19(21)26)24(31)29-10-4-5-15(13-29)22-18(23(27)30)12-16-11-17(25)8-9-20(16)28-22/h2-3,6-9,11-12,14-15H,4-5,10,13H2,1H3,(H2,27,30)/t14-,15-/m1/s1. The monoisotopic (exact) mass is 439 g/mol. The third kappa shape index (κ3) is 4.39. The zero-order chi connectivity index (χ0) is 22.8. The molecule has 1 aliphatic heterocycles. The van der Waals surface area contributed by atoms with Crippen LogP contribution in [0, 0.1) is 11.6 Å². The van der Waals surface area contributed by atoms with Crippen molar-refractivity contribution in [3.05, 3.63) is 71.4 Å². The Morgan fingerprint density at radius 3 is 2.72 bits per heavy atom. The van der Waals surface area contributed by atoms with Gasteiger partial charge in [0, 0.05) is 24.4 Å². The third-order valence-corrected chi connectivity index (χ3v) is 5.68. The Hall–Kier alpha value is -3.55. The van der Waals surface area contributed by atoms with E-state index in [0.29, 0.717) is 42.5 Å². The zero-order valence-corrected chi connectivity index (χ0v) is 17.6. The number of rotatable bonds is 5. The average Bonchev–Trinajstić information content (AvgIpc) is 2.79. The number of hydrogen-bond donors (Lipinski definition) is 1. The van der Waals surface area contributed by atoms with Crippen molar-refractivity contribution in [1.82, 2.24) is 9.88 Å². The number of carbonyl (C=O) groups is 2. The average molecular weight is 439 g/mol. The fourth-order valence-electron chi connectivity index (χ4n) is 4.11. The van der Waals surface area contributed by atoms with E-state index in [0.717, 1.165) is 0 Å². The molecule has 0 spiro atoms. The van der Waals surface area contributed by atoms with Crippen molar-refractivity contribution in [3.63, 3.8) is 0 Å². The number of nitrogens with two attached hydrogens (primary N) is 1. The maximum absolute atomic E-state index is 13.9. The molecule has 6 nitrogen and oxygen atoms in total. The number of carbonyl (C=O) groups excluding carboxylic acids is 2. The molecule has 1 aromatic heterocycles. The van der Waals surface area contributed by atoms with Crippen molar-refractivity contribution in [2.45, 2.75) is 31.8 Å². The fourth-order valence-corrected chi connectivity index (χ4v) is 4.11. The molecule has 0 unspecified atom stereocenters. The molecule has 2 atom stereocenters. The molecule has 4 rings (SSSR count). The summed E-state index contributed by atoms with van der Waals surface area (Å²) in [7, 11) is 0. The van der Waals surface area contributed by atoms with Crippen LogP contribution in [0.3, 0.4) is 0 Å². The SMILES string of the molecule is C[C@@H](Oc1ccccc1F)C(=O)N1CCC[C@@H](c2nc3ccc(F)cc3cc2C(N)=O)C1. The fraction of sp³-hybridized carbons (Fsp3) is 0.292. The van der Waals surface area contributed by atoms with Crippen molar-refractivity contribution < 1.29 is 23.1 Å². The van der Waals surface area contributed by atoms with Crippen LogP contribution in [-0.2, 0) is 4.79 Å². The Bertz CT molecular complexity index is 1180. The molecule has 2 N–H and O–H groups in total. The second-order valence-corrected chi connectivity index (χ2v) is 7.94. The highest BCUT2D eigenvalue weighted by molar-refractivity contribution is 5.98. The summed E-state index contributed by atoms with van der Waals surface area (Å²) in [6.45, 7) is 2.42. The second-order valence-electron chi connectivity index (χ2n) is 7.94. The van der Waals surface area contributed by atoms with Gasteiger partial charge in [-0.05, 0) is 56.2 Å². The van der Waals surface area contributed by atoms with Gasteiger partial charge in [-0.3, -0.25) is 14.6 Å². The Morgan fingerprint density at radius 2 is 1.97 bits per heavy atom. The van der Waals surface area contributed by atoms with E-state index in [2.05, 4.69) is 4.98 Å². The number of benzene rings is 2. The lowest BCUT2D eigenvalue weighted by Crippen LogP contribution is -2.45. The molecule has 2 aromatic carbocycles. The molecule has 32 heavy (non-hydrogen) atoms. The number of piperidine rings is 1. The molecule has 2 amide bonds. The van der Waals surface area contributed by atoms with Gasteiger partial charge in [0.15, 0.2) is 17.7 Å². The van der Waals surface area contributed by atoms with Gasteiger partial charge in [-0.2, -0.15) is 0 Å². The van der Waals surface area contributed by atoms with E-state index < -0.39 is 23.6 Å². The Balaban J connectivity index is 1.57. The molecule has 166 valence electrons. The molecular weight excluding hydrogens is 416 g/mol. The molecular formula is C24H23F2N3O3. The molecule has 3 aromatic rings. The number of primary amides is 1. The summed E-state index contributed by atoms with van der Waals surface area (Å²) in [5, 5.41) is 0.484. The summed E-state index contributed by atoms with van der Waals surface area (Å²) in [6, 6.07) is 11.6. The lowest BCUT2D eigenvalue weighted by atomic mass is 9.90. The second kappa shape index (κ2) is 8.90. The van der Waals surface area contributed by atoms with Gasteiger partial charge in [0.25, 0.3) is 11.8 Å². The smallest absolute Gasteiger partial charge is 0.263 e. The molecule has 0 bridgehead atoms. The summed E-state index contributed by atoms with van der Waals surface area (Å²) >= 11 is 0. The van der Waals surface area contributed by atoms with Crippen molar-refractivity contribution >= 4 is 22.7 Å². The molecule has 1 aliphatic rings. The first-order valence-electron chi connectivity index (χ1n) is 10.4. The first-order chi connectivity index (χ1) is 15.3. The van der Waals surface area contributed by atoms with Crippen molar-refractivity contribution in [2.24, 2.45) is 5.73 Å². The van der Waals surface area contributed by atoms with E-state index in [4.69, 9.17) is 10.5 Å². The van der Waals surface area contributed by atoms with Crippen LogP contribution in [0.4, 0.5) is 8.78 Å². The number of amides is 2. The zero-order valence-electron chi connectivity index (χ0n) is 17.6. The Labute approximate surface area is 184 Å². The molecule has 0 saturated carbocycles. The predicted octanol–water partition coefficient (Wildman–Crippen LogP) is 3.79. The lowest BCUT2D eigenvalue weighted by Gasteiger charge is -2.34. The van der Waals surface area contributed by atoms with Gasteiger partial charge in [-0.1, -0.05) is 12.1 Å². The highest BCUT2D eigenvalue weighted by Gasteiger charge is 2.31. The highest BCUT2D eigenvalue weighted by atomic mass is 19.1. The van der Waals surface area contributed by atoms with Gasteiger partial charge in [-0.15, -0.1) is 0 Å². The van der Waals surface area contributed by atoms with Crippen LogP contribution in [0.25, 0.3) is 10.9 Å². The molecule has 8 heteroatoms. The van der Waals surface area contributed by atoms with Crippen LogP contribution in [0.1, 0.15) is 41.7 Å². The van der Waals surface area contributed by atoms with E-state index in [1.165, 1.54) is 24.3 Å². The number of para-hydroxylation sites is 1. The molecule has 1 fully saturated rings. The van der Waals surface area contributed by atoms with Crippen LogP contribution in [-0.4, -0.2) is 40.9 Å². The first kappa shape index (κ1) is 21.7. The summed E-state index contributed by atoms with van der Waals surface area (Å²) < 4.78 is 33.0. The van der Waals surface area contributed by atoms with Gasteiger partial charge in [0.1, 0.15) is 5.82 Å². The van der Waals surface area contributed by atoms with Gasteiger partial charge < -0.3 is 15.4 Å². The number of likely N-dealkylation sites (tertiary alicyclic amines) is 1. The highest BCUT2D eigenvalue weighted by Crippen LogP contribution is 2.31. The van der Waals surface area contributed by atoms with Gasteiger partial charge in [0.2, 0.25) is 0 Å². The molecule has 0 radical (unpaired) electrons. The van der Waals surface area contributed by atoms with Gasteiger partial charge in [-0.25, -0.2) is 8.78 Å². The number of aromatic nitrogens is 1. The predicted molar refractivity (Wildman–Crippen MR) is 115 cm³/mol. The van der Waals surface area contributed by atoms with Crippen LogP contribution in [0.15, 0.2) is 48.5 Å². The minimum absolute atomic E-state index is 0.0151. The van der Waals surface area contributed by atoms with Gasteiger partial charge >= 0.3 is 0 Å².